The van der Waals surface area contributed by atoms with Gasteiger partial charge in [-0.25, -0.2) is 4.79 Å². The number of carboxylic acid groups (broad SMARTS) is 1. The van der Waals surface area contributed by atoms with E-state index >= 15 is 0 Å². The van der Waals surface area contributed by atoms with Gasteiger partial charge in [0, 0.05) is 47.7 Å². The number of piperidine rings is 1. The highest BCUT2D eigenvalue weighted by atomic mass is 16.5. The number of aliphatic carboxylic acids is 1. The number of anilines is 1. The quantitative estimate of drug-likeness (QED) is 0.290. The monoisotopic (exact) mass is 583 g/mol. The van der Waals surface area contributed by atoms with Crippen molar-refractivity contribution in [1.29, 1.82) is 0 Å². The average molecular weight is 584 g/mol. The van der Waals surface area contributed by atoms with Gasteiger partial charge in [0.2, 0.25) is 0 Å². The maximum atomic E-state index is 13.0. The number of ether oxygens (including phenoxy) is 1. The molecule has 7 nitrogen and oxygen atoms in total. The predicted octanol–water partition coefficient (Wildman–Crippen LogP) is 7.25. The van der Waals surface area contributed by atoms with E-state index < -0.39 is 17.7 Å². The summed E-state index contributed by atoms with van der Waals surface area (Å²) in [7, 11) is 0. The van der Waals surface area contributed by atoms with Gasteiger partial charge in [-0.05, 0) is 82.6 Å². The molecule has 1 saturated heterocycles. The molecule has 7 heteroatoms. The Kier molecular flexibility index (Phi) is 9.21. The highest BCUT2D eigenvalue weighted by Crippen LogP contribution is 2.46. The Morgan fingerprint density at radius 3 is 2.30 bits per heavy atom. The lowest BCUT2D eigenvalue weighted by Crippen LogP contribution is -2.43. The Hall–Kier alpha value is -3.71. The van der Waals surface area contributed by atoms with Gasteiger partial charge < -0.3 is 20.1 Å². The minimum Gasteiger partial charge on any atom is -0.479 e. The average Bonchev–Trinajstić information content (AvgIpc) is 2.98. The number of nitrogens with one attached hydrogen (secondary N) is 1. The maximum Gasteiger partial charge on any atom is 0.337 e. The number of aryl methyl sites for hydroxylation is 2. The molecule has 1 aliphatic carbocycles. The van der Waals surface area contributed by atoms with Crippen LogP contribution in [0.25, 0.3) is 11.1 Å². The number of hydrogen-bond donors (Lipinski definition) is 2. The van der Waals surface area contributed by atoms with E-state index in [2.05, 4.69) is 10.2 Å². The molecule has 0 radical (unpaired) electrons. The SMILES string of the molecule is Cc1nc(C)c([C@H](OC(C)(C)C)C(=O)O)c(N2CC[C@H]3CCCC[C@@H]3C2)c1-c1ccc(C(=O)NCc2ccccc2)cc1. The first-order valence-corrected chi connectivity index (χ1v) is 15.6. The Labute approximate surface area is 255 Å². The molecule has 1 aliphatic heterocycles. The highest BCUT2D eigenvalue weighted by molar-refractivity contribution is 5.95. The number of carbonyl (C=O) groups is 2. The zero-order valence-corrected chi connectivity index (χ0v) is 26.2. The molecule has 1 saturated carbocycles. The van der Waals surface area contributed by atoms with Crippen LogP contribution in [-0.4, -0.2) is 40.7 Å². The van der Waals surface area contributed by atoms with Gasteiger partial charge in [-0.1, -0.05) is 61.7 Å². The van der Waals surface area contributed by atoms with Gasteiger partial charge in [0.25, 0.3) is 5.91 Å². The van der Waals surface area contributed by atoms with Crippen molar-refractivity contribution < 1.29 is 19.4 Å². The van der Waals surface area contributed by atoms with Crippen molar-refractivity contribution in [3.63, 3.8) is 0 Å². The smallest absolute Gasteiger partial charge is 0.337 e. The Balaban J connectivity index is 1.55. The third kappa shape index (κ3) is 7.10. The highest BCUT2D eigenvalue weighted by Gasteiger charge is 2.38. The van der Waals surface area contributed by atoms with E-state index in [1.54, 1.807) is 0 Å². The summed E-state index contributed by atoms with van der Waals surface area (Å²) in [5.41, 5.74) is 5.82. The van der Waals surface area contributed by atoms with Crippen LogP contribution in [0.15, 0.2) is 54.6 Å². The number of fused-ring (bicyclic) bond motifs is 1. The fraction of sp³-hybridized carbons (Fsp3) is 0.472. The normalized spacial score (nSPS) is 19.4. The van der Waals surface area contributed by atoms with E-state index in [0.717, 1.165) is 53.5 Å². The van der Waals surface area contributed by atoms with E-state index in [9.17, 15) is 14.7 Å². The lowest BCUT2D eigenvalue weighted by Gasteiger charge is -2.44. The first-order valence-electron chi connectivity index (χ1n) is 15.6. The molecule has 0 spiro atoms. The molecule has 2 aliphatic rings. The number of aromatic nitrogens is 1. The van der Waals surface area contributed by atoms with Crippen molar-refractivity contribution in [1.82, 2.24) is 10.3 Å². The minimum atomic E-state index is -1.16. The molecule has 228 valence electrons. The number of hydrogen-bond acceptors (Lipinski definition) is 5. The van der Waals surface area contributed by atoms with Crippen molar-refractivity contribution in [2.45, 2.75) is 85.0 Å². The van der Waals surface area contributed by atoms with Crippen molar-refractivity contribution >= 4 is 17.6 Å². The fourth-order valence-electron chi connectivity index (χ4n) is 6.89. The van der Waals surface area contributed by atoms with Crippen LogP contribution < -0.4 is 10.2 Å². The number of carbonyl (C=O) groups excluding carboxylic acids is 1. The van der Waals surface area contributed by atoms with Crippen LogP contribution in [0.1, 0.15) is 91.9 Å². The molecule has 1 aromatic heterocycles. The summed E-state index contributed by atoms with van der Waals surface area (Å²) in [4.78, 5) is 33.1. The van der Waals surface area contributed by atoms with Crippen LogP contribution in [0.3, 0.4) is 0 Å². The van der Waals surface area contributed by atoms with E-state index in [0.29, 0.717) is 29.3 Å². The van der Waals surface area contributed by atoms with Crippen LogP contribution >= 0.6 is 0 Å². The first kappa shape index (κ1) is 30.7. The zero-order valence-electron chi connectivity index (χ0n) is 26.2. The van der Waals surface area contributed by atoms with Crippen molar-refractivity contribution in [2.75, 3.05) is 18.0 Å². The molecule has 2 heterocycles. The topological polar surface area (TPSA) is 91.8 Å². The van der Waals surface area contributed by atoms with Gasteiger partial charge in [0.15, 0.2) is 6.10 Å². The molecular weight excluding hydrogens is 538 g/mol. The molecule has 43 heavy (non-hydrogen) atoms. The van der Waals surface area contributed by atoms with Crippen LogP contribution in [0.2, 0.25) is 0 Å². The van der Waals surface area contributed by atoms with Crippen LogP contribution in [-0.2, 0) is 16.1 Å². The van der Waals surface area contributed by atoms with E-state index in [1.165, 1.54) is 25.7 Å². The predicted molar refractivity (Wildman–Crippen MR) is 170 cm³/mol. The van der Waals surface area contributed by atoms with E-state index in [4.69, 9.17) is 9.72 Å². The van der Waals surface area contributed by atoms with Crippen molar-refractivity contribution in [3.8, 4) is 11.1 Å². The number of nitrogens with zero attached hydrogens (tertiary/aromatic N) is 2. The van der Waals surface area contributed by atoms with Crippen LogP contribution in [0.4, 0.5) is 5.69 Å². The molecule has 1 amide bonds. The molecular formula is C36H45N3O4. The second-order valence-corrected chi connectivity index (χ2v) is 13.2. The summed E-state index contributed by atoms with van der Waals surface area (Å²) in [6.07, 6.45) is 4.99. The fourth-order valence-corrected chi connectivity index (χ4v) is 6.89. The van der Waals surface area contributed by atoms with Gasteiger partial charge in [-0.2, -0.15) is 0 Å². The van der Waals surface area contributed by atoms with E-state index in [1.807, 2.05) is 89.2 Å². The molecule has 3 atom stereocenters. The third-order valence-corrected chi connectivity index (χ3v) is 8.88. The van der Waals surface area contributed by atoms with Crippen LogP contribution in [0, 0.1) is 25.7 Å². The van der Waals surface area contributed by atoms with Gasteiger partial charge in [0.1, 0.15) is 0 Å². The Morgan fingerprint density at radius 2 is 1.65 bits per heavy atom. The standard InChI is InChI=1S/C36H45N3O4/c1-23-30(27-15-17-28(18-16-27)34(40)37-21-25-11-7-6-8-12-25)32(39-20-19-26-13-9-10-14-29(26)22-39)31(24(2)38-23)33(35(41)42)43-36(3,4)5/h6-8,11-12,15-18,26,29,33H,9-10,13-14,19-22H2,1-5H3,(H,37,40)(H,41,42)/t26-,29-,33+/m1/s1. The maximum absolute atomic E-state index is 13.0. The third-order valence-electron chi connectivity index (χ3n) is 8.88. The van der Waals surface area contributed by atoms with Crippen molar-refractivity contribution in [2.24, 2.45) is 11.8 Å². The van der Waals surface area contributed by atoms with Gasteiger partial charge in [-0.15, -0.1) is 0 Å². The van der Waals surface area contributed by atoms with Gasteiger partial charge >= 0.3 is 5.97 Å². The molecule has 0 unspecified atom stereocenters. The summed E-state index contributed by atoms with van der Waals surface area (Å²) in [6, 6.07) is 17.4. The molecule has 2 fully saturated rings. The first-order chi connectivity index (χ1) is 20.5. The summed E-state index contributed by atoms with van der Waals surface area (Å²) < 4.78 is 6.23. The van der Waals surface area contributed by atoms with Crippen LogP contribution in [0.5, 0.6) is 0 Å². The molecule has 3 aromatic rings. The zero-order chi connectivity index (χ0) is 30.7. The lowest BCUT2D eigenvalue weighted by atomic mass is 9.74. The number of rotatable bonds is 8. The van der Waals surface area contributed by atoms with E-state index in [-0.39, 0.29) is 5.91 Å². The number of pyridine rings is 1. The minimum absolute atomic E-state index is 0.140. The largest absolute Gasteiger partial charge is 0.479 e. The summed E-state index contributed by atoms with van der Waals surface area (Å²) in [6.45, 7) is 11.8. The number of carboxylic acids is 1. The summed E-state index contributed by atoms with van der Waals surface area (Å²) in [5, 5.41) is 13.5. The second kappa shape index (κ2) is 12.9. The Bertz CT molecular complexity index is 1450. The summed E-state index contributed by atoms with van der Waals surface area (Å²) in [5.74, 6) is 0.169. The second-order valence-electron chi connectivity index (χ2n) is 13.2. The summed E-state index contributed by atoms with van der Waals surface area (Å²) >= 11 is 0. The lowest BCUT2D eigenvalue weighted by molar-refractivity contribution is -0.160. The Morgan fingerprint density at radius 1 is 0.977 bits per heavy atom. The molecule has 2 aromatic carbocycles. The van der Waals surface area contributed by atoms with Gasteiger partial charge in [0.05, 0.1) is 11.3 Å². The molecule has 5 rings (SSSR count). The van der Waals surface area contributed by atoms with Gasteiger partial charge in [-0.3, -0.25) is 9.78 Å². The number of benzene rings is 2. The van der Waals surface area contributed by atoms with Crippen molar-refractivity contribution in [3.05, 3.63) is 82.7 Å². The molecule has 0 bridgehead atoms. The number of amides is 1. The molecule has 2 N–H and O–H groups in total.